The monoisotopic (exact) mass is 367 g/mol. The zero-order chi connectivity index (χ0) is 19.1. The smallest absolute Gasteiger partial charge is 0.123 e. The Hall–Kier alpha value is -2.56. The highest BCUT2D eigenvalue weighted by Crippen LogP contribution is 2.33. The summed E-state index contributed by atoms with van der Waals surface area (Å²) in [7, 11) is 0. The predicted octanol–water partition coefficient (Wildman–Crippen LogP) is 4.42. The van der Waals surface area contributed by atoms with Crippen LogP contribution in [0.1, 0.15) is 23.1 Å². The molecule has 0 bridgehead atoms. The van der Waals surface area contributed by atoms with E-state index in [4.69, 9.17) is 0 Å². The van der Waals surface area contributed by atoms with Crippen molar-refractivity contribution in [3.05, 3.63) is 107 Å². The summed E-state index contributed by atoms with van der Waals surface area (Å²) in [6.07, 6.45) is 1.17. The van der Waals surface area contributed by atoms with Gasteiger partial charge in [0.2, 0.25) is 0 Å². The molecule has 3 aromatic rings. The topological polar surface area (TPSA) is 32.3 Å². The van der Waals surface area contributed by atoms with Crippen molar-refractivity contribution in [1.82, 2.24) is 5.32 Å². The molecule has 2 N–H and O–H groups in total. The van der Waals surface area contributed by atoms with Gasteiger partial charge in [-0.25, -0.2) is 8.78 Å². The summed E-state index contributed by atoms with van der Waals surface area (Å²) in [5.74, 6) is -0.862. The molecule has 0 heterocycles. The molecule has 0 saturated carbocycles. The summed E-state index contributed by atoms with van der Waals surface area (Å²) < 4.78 is 27.4. The lowest BCUT2D eigenvalue weighted by Gasteiger charge is -2.30. The van der Waals surface area contributed by atoms with E-state index in [0.717, 1.165) is 13.0 Å². The van der Waals surface area contributed by atoms with Crippen molar-refractivity contribution in [3.8, 4) is 0 Å². The van der Waals surface area contributed by atoms with Crippen molar-refractivity contribution >= 4 is 0 Å². The fourth-order valence-corrected chi connectivity index (χ4v) is 3.22. The first-order chi connectivity index (χ1) is 13.1. The van der Waals surface area contributed by atoms with Gasteiger partial charge in [0, 0.05) is 0 Å². The Labute approximate surface area is 158 Å². The van der Waals surface area contributed by atoms with Crippen LogP contribution in [-0.2, 0) is 12.0 Å². The summed E-state index contributed by atoms with van der Waals surface area (Å²) in [5, 5.41) is 14.7. The highest BCUT2D eigenvalue weighted by molar-refractivity contribution is 5.36. The molecule has 3 rings (SSSR count). The third-order valence-corrected chi connectivity index (χ3v) is 4.70. The van der Waals surface area contributed by atoms with Gasteiger partial charge in [0.25, 0.3) is 0 Å². The van der Waals surface area contributed by atoms with Gasteiger partial charge >= 0.3 is 0 Å². The average molecular weight is 367 g/mol. The lowest BCUT2D eigenvalue weighted by Crippen LogP contribution is -2.33. The van der Waals surface area contributed by atoms with Gasteiger partial charge in [-0.05, 0) is 66.9 Å². The first-order valence-corrected chi connectivity index (χ1v) is 9.07. The van der Waals surface area contributed by atoms with Crippen molar-refractivity contribution in [2.75, 3.05) is 13.1 Å². The maximum Gasteiger partial charge on any atom is 0.123 e. The minimum Gasteiger partial charge on any atom is -0.380 e. The molecule has 0 atom stereocenters. The molecule has 0 radical (unpaired) electrons. The molecule has 2 nitrogen and oxygen atoms in total. The van der Waals surface area contributed by atoms with Crippen LogP contribution in [0.25, 0.3) is 0 Å². The van der Waals surface area contributed by atoms with Crippen molar-refractivity contribution in [3.63, 3.8) is 0 Å². The molecule has 0 unspecified atom stereocenters. The quantitative estimate of drug-likeness (QED) is 0.578. The Morgan fingerprint density at radius 2 is 1.33 bits per heavy atom. The first kappa shape index (κ1) is 19.2. The van der Waals surface area contributed by atoms with Crippen molar-refractivity contribution in [2.24, 2.45) is 0 Å². The predicted molar refractivity (Wildman–Crippen MR) is 103 cm³/mol. The normalized spacial score (nSPS) is 11.5. The molecule has 3 aromatic carbocycles. The van der Waals surface area contributed by atoms with Crippen molar-refractivity contribution in [1.29, 1.82) is 0 Å². The van der Waals surface area contributed by atoms with E-state index in [-0.39, 0.29) is 0 Å². The highest BCUT2D eigenvalue weighted by Gasteiger charge is 2.31. The van der Waals surface area contributed by atoms with Crippen LogP contribution in [0.2, 0.25) is 0 Å². The van der Waals surface area contributed by atoms with E-state index in [1.54, 1.807) is 24.3 Å². The standard InChI is InChI=1S/C23H23F2NO/c24-21-10-4-8-19(16-21)23(27,20-9-5-11-22(25)17-20)13-15-26-14-12-18-6-2-1-3-7-18/h1-11,16-17,26-27H,12-15H2. The lowest BCUT2D eigenvalue weighted by molar-refractivity contribution is 0.0705. The van der Waals surface area contributed by atoms with Gasteiger partial charge in [0.1, 0.15) is 17.2 Å². The molecular formula is C23H23F2NO. The molecule has 0 fully saturated rings. The minimum absolute atomic E-state index is 0.300. The molecule has 140 valence electrons. The number of aliphatic hydroxyl groups is 1. The summed E-state index contributed by atoms with van der Waals surface area (Å²) in [5.41, 5.74) is 0.593. The summed E-state index contributed by atoms with van der Waals surface area (Å²) >= 11 is 0. The molecule has 0 saturated heterocycles. The van der Waals surface area contributed by atoms with Crippen LogP contribution < -0.4 is 5.32 Å². The third-order valence-electron chi connectivity index (χ3n) is 4.70. The number of hydrogen-bond donors (Lipinski definition) is 2. The second-order valence-corrected chi connectivity index (χ2v) is 6.62. The zero-order valence-electron chi connectivity index (χ0n) is 15.0. The Morgan fingerprint density at radius 1 is 0.741 bits per heavy atom. The van der Waals surface area contributed by atoms with Gasteiger partial charge < -0.3 is 10.4 Å². The van der Waals surface area contributed by atoms with E-state index in [1.165, 1.54) is 29.8 Å². The molecule has 4 heteroatoms. The van der Waals surface area contributed by atoms with E-state index in [1.807, 2.05) is 18.2 Å². The molecule has 0 spiro atoms. The molecule has 0 aliphatic rings. The lowest BCUT2D eigenvalue weighted by atomic mass is 9.83. The number of nitrogens with one attached hydrogen (secondary N) is 1. The first-order valence-electron chi connectivity index (χ1n) is 9.07. The Balaban J connectivity index is 1.71. The Morgan fingerprint density at radius 3 is 1.89 bits per heavy atom. The van der Waals surface area contributed by atoms with Crippen LogP contribution in [-0.4, -0.2) is 18.2 Å². The van der Waals surface area contributed by atoms with E-state index in [9.17, 15) is 13.9 Å². The van der Waals surface area contributed by atoms with Crippen LogP contribution in [0, 0.1) is 11.6 Å². The summed E-state index contributed by atoms with van der Waals surface area (Å²) in [6, 6.07) is 21.8. The molecule has 0 aromatic heterocycles. The van der Waals surface area contributed by atoms with Crippen LogP contribution in [0.4, 0.5) is 8.78 Å². The van der Waals surface area contributed by atoms with Gasteiger partial charge in [-0.3, -0.25) is 0 Å². The van der Waals surface area contributed by atoms with Gasteiger partial charge in [-0.15, -0.1) is 0 Å². The number of rotatable bonds is 8. The van der Waals surface area contributed by atoms with Crippen molar-refractivity contribution < 1.29 is 13.9 Å². The Bertz CT molecular complexity index is 822. The second kappa shape index (κ2) is 8.89. The van der Waals surface area contributed by atoms with Gasteiger partial charge in [0.05, 0.1) is 0 Å². The fourth-order valence-electron chi connectivity index (χ4n) is 3.22. The van der Waals surface area contributed by atoms with Gasteiger partial charge in [0.15, 0.2) is 0 Å². The van der Waals surface area contributed by atoms with Crippen LogP contribution in [0.15, 0.2) is 78.9 Å². The SMILES string of the molecule is OC(CCNCCc1ccccc1)(c1cccc(F)c1)c1cccc(F)c1. The number of hydrogen-bond acceptors (Lipinski definition) is 2. The molecule has 0 aliphatic carbocycles. The second-order valence-electron chi connectivity index (χ2n) is 6.62. The maximum absolute atomic E-state index is 13.7. The van der Waals surface area contributed by atoms with Crippen LogP contribution in [0.3, 0.4) is 0 Å². The fraction of sp³-hybridized carbons (Fsp3) is 0.217. The van der Waals surface area contributed by atoms with Crippen molar-refractivity contribution in [2.45, 2.75) is 18.4 Å². The number of benzene rings is 3. The molecule has 0 aliphatic heterocycles. The van der Waals surface area contributed by atoms with Crippen LogP contribution >= 0.6 is 0 Å². The molecule has 27 heavy (non-hydrogen) atoms. The summed E-state index contributed by atoms with van der Waals surface area (Å²) in [4.78, 5) is 0. The third kappa shape index (κ3) is 5.00. The maximum atomic E-state index is 13.7. The molecular weight excluding hydrogens is 344 g/mol. The van der Waals surface area contributed by atoms with E-state index >= 15 is 0 Å². The largest absolute Gasteiger partial charge is 0.380 e. The Kier molecular flexibility index (Phi) is 6.32. The van der Waals surface area contributed by atoms with Gasteiger partial charge in [-0.2, -0.15) is 0 Å². The average Bonchev–Trinajstić information content (AvgIpc) is 2.68. The zero-order valence-corrected chi connectivity index (χ0v) is 15.0. The summed E-state index contributed by atoms with van der Waals surface area (Å²) in [6.45, 7) is 1.27. The van der Waals surface area contributed by atoms with Gasteiger partial charge in [-0.1, -0.05) is 54.6 Å². The highest BCUT2D eigenvalue weighted by atomic mass is 19.1. The van der Waals surface area contributed by atoms with E-state index in [0.29, 0.717) is 24.1 Å². The minimum atomic E-state index is -1.47. The van der Waals surface area contributed by atoms with E-state index in [2.05, 4.69) is 17.4 Å². The van der Waals surface area contributed by atoms with Crippen LogP contribution in [0.5, 0.6) is 0 Å². The number of halogens is 2. The molecule has 0 amide bonds. The van der Waals surface area contributed by atoms with E-state index < -0.39 is 17.2 Å².